The van der Waals surface area contributed by atoms with E-state index in [9.17, 15) is 10.0 Å². The van der Waals surface area contributed by atoms with E-state index in [0.717, 1.165) is 51.7 Å². The molecular formula is C15H26N2O3. The number of hydrogen-bond acceptors (Lipinski definition) is 3. The fourth-order valence-corrected chi connectivity index (χ4v) is 4.96. The van der Waals surface area contributed by atoms with Gasteiger partial charge in [0.1, 0.15) is 0 Å². The minimum absolute atomic E-state index is 0.0481. The number of rotatable bonds is 4. The first-order chi connectivity index (χ1) is 9.60. The van der Waals surface area contributed by atoms with Crippen molar-refractivity contribution in [1.29, 1.82) is 0 Å². The lowest BCUT2D eigenvalue weighted by Gasteiger charge is -2.62. The summed E-state index contributed by atoms with van der Waals surface area (Å²) in [6.07, 6.45) is 6.32. The van der Waals surface area contributed by atoms with Crippen LogP contribution < -0.4 is 5.32 Å². The zero-order valence-electron chi connectivity index (χ0n) is 12.1. The van der Waals surface area contributed by atoms with Crippen LogP contribution >= 0.6 is 0 Å². The summed E-state index contributed by atoms with van der Waals surface area (Å²) in [5, 5.41) is 25.5. The molecule has 0 aromatic carbocycles. The molecule has 3 heterocycles. The highest BCUT2D eigenvalue weighted by Gasteiger charge is 2.51. The van der Waals surface area contributed by atoms with Crippen molar-refractivity contribution in [2.45, 2.75) is 57.0 Å². The second-order valence-corrected chi connectivity index (χ2v) is 6.90. The number of piperidine rings is 3. The minimum Gasteiger partial charge on any atom is -0.633 e. The lowest BCUT2D eigenvalue weighted by molar-refractivity contribution is -0.925. The summed E-state index contributed by atoms with van der Waals surface area (Å²) in [5.74, 6) is 0.297. The van der Waals surface area contributed by atoms with E-state index in [1.165, 1.54) is 6.42 Å². The van der Waals surface area contributed by atoms with Crippen molar-refractivity contribution >= 4 is 5.97 Å². The summed E-state index contributed by atoms with van der Waals surface area (Å²) in [7, 11) is 0. The first kappa shape index (κ1) is 14.3. The maximum Gasteiger partial charge on any atom is 0.303 e. The van der Waals surface area contributed by atoms with Crippen molar-refractivity contribution in [3.05, 3.63) is 5.21 Å². The number of nitrogens with zero attached hydrogens (tertiary/aromatic N) is 1. The standard InChI is InChI=1S/C15H26N2O3/c18-14(19)7-1-6-13-12-5-3-9-17(20)8-2-4-11(10-16-13)15(12)17/h11-13,15-16H,1-10H2,(H,18,19)/t11-,12+,13?,15-,17?/m0/s1. The average Bonchev–Trinajstić information content (AvgIpc) is 2.40. The molecule has 3 saturated heterocycles. The molecule has 3 aliphatic heterocycles. The summed E-state index contributed by atoms with van der Waals surface area (Å²) in [4.78, 5) is 10.7. The van der Waals surface area contributed by atoms with E-state index in [0.29, 0.717) is 17.9 Å². The highest BCUT2D eigenvalue weighted by molar-refractivity contribution is 5.66. The molecule has 0 radical (unpaired) electrons. The molecule has 0 saturated carbocycles. The molecular weight excluding hydrogens is 256 g/mol. The Morgan fingerprint density at radius 1 is 1.30 bits per heavy atom. The van der Waals surface area contributed by atoms with Crippen molar-refractivity contribution in [3.8, 4) is 0 Å². The smallest absolute Gasteiger partial charge is 0.303 e. The Morgan fingerprint density at radius 3 is 2.80 bits per heavy atom. The van der Waals surface area contributed by atoms with Crippen LogP contribution in [0.3, 0.4) is 0 Å². The van der Waals surface area contributed by atoms with Gasteiger partial charge in [0, 0.05) is 30.8 Å². The van der Waals surface area contributed by atoms with Crippen LogP contribution in [0.5, 0.6) is 0 Å². The maximum atomic E-state index is 13.1. The van der Waals surface area contributed by atoms with E-state index in [1.807, 2.05) is 0 Å². The van der Waals surface area contributed by atoms with Crippen molar-refractivity contribution in [2.24, 2.45) is 11.8 Å². The van der Waals surface area contributed by atoms with Gasteiger partial charge in [0.05, 0.1) is 19.1 Å². The van der Waals surface area contributed by atoms with Crippen LogP contribution in [-0.2, 0) is 4.79 Å². The normalized spacial score (nSPS) is 43.9. The summed E-state index contributed by atoms with van der Waals surface area (Å²) in [5.41, 5.74) is 0. The molecule has 20 heavy (non-hydrogen) atoms. The van der Waals surface area contributed by atoms with Gasteiger partial charge in [-0.1, -0.05) is 0 Å². The summed E-state index contributed by atoms with van der Waals surface area (Å²) in [6, 6.07) is 0.647. The molecule has 3 fully saturated rings. The molecule has 3 rings (SSSR count). The molecule has 0 aromatic rings. The Bertz CT molecular complexity index is 372. The van der Waals surface area contributed by atoms with Crippen molar-refractivity contribution < 1.29 is 14.5 Å². The Hall–Kier alpha value is -0.650. The minimum atomic E-state index is -0.714. The zero-order valence-corrected chi connectivity index (χ0v) is 12.1. The third-order valence-electron chi connectivity index (χ3n) is 5.72. The van der Waals surface area contributed by atoms with E-state index in [1.54, 1.807) is 0 Å². The average molecular weight is 282 g/mol. The molecule has 3 aliphatic rings. The van der Waals surface area contributed by atoms with Crippen LogP contribution in [0.1, 0.15) is 44.9 Å². The van der Waals surface area contributed by atoms with E-state index < -0.39 is 5.97 Å². The predicted octanol–water partition coefficient (Wildman–Crippen LogP) is 1.72. The molecule has 114 valence electrons. The Morgan fingerprint density at radius 2 is 2.05 bits per heavy atom. The summed E-state index contributed by atoms with van der Waals surface area (Å²) >= 11 is 0. The number of hydroxylamine groups is 3. The molecule has 0 amide bonds. The van der Waals surface area contributed by atoms with Crippen LogP contribution in [0.15, 0.2) is 0 Å². The predicted molar refractivity (Wildman–Crippen MR) is 75.9 cm³/mol. The third kappa shape index (κ3) is 2.59. The van der Waals surface area contributed by atoms with Gasteiger partial charge in [-0.05, 0) is 38.5 Å². The Labute approximate surface area is 120 Å². The first-order valence-electron chi connectivity index (χ1n) is 8.13. The largest absolute Gasteiger partial charge is 0.633 e. The number of carboxylic acid groups (broad SMARTS) is 1. The number of carbonyl (C=O) groups is 1. The van der Waals surface area contributed by atoms with E-state index in [4.69, 9.17) is 5.11 Å². The second kappa shape index (κ2) is 5.62. The fraction of sp³-hybridized carbons (Fsp3) is 0.933. The lowest BCUT2D eigenvalue weighted by atomic mass is 9.69. The molecule has 0 spiro atoms. The molecule has 0 bridgehead atoms. The highest BCUT2D eigenvalue weighted by Crippen LogP contribution is 2.44. The van der Waals surface area contributed by atoms with E-state index in [2.05, 4.69) is 5.32 Å². The molecule has 2 N–H and O–H groups in total. The van der Waals surface area contributed by atoms with Gasteiger partial charge >= 0.3 is 5.97 Å². The summed E-state index contributed by atoms with van der Waals surface area (Å²) < 4.78 is 0.0481. The van der Waals surface area contributed by atoms with Gasteiger partial charge in [0.15, 0.2) is 0 Å². The van der Waals surface area contributed by atoms with Gasteiger partial charge in [-0.15, -0.1) is 0 Å². The molecule has 5 atom stereocenters. The quantitative estimate of drug-likeness (QED) is 0.608. The first-order valence-corrected chi connectivity index (χ1v) is 8.13. The Kier molecular flexibility index (Phi) is 4.02. The Balaban J connectivity index is 1.68. The fourth-order valence-electron chi connectivity index (χ4n) is 4.96. The van der Waals surface area contributed by atoms with Gasteiger partial charge in [0.2, 0.25) is 0 Å². The SMILES string of the molecule is O=C(O)CCCC1NC[C@@H]2CCC[N+]3([O-])CCC[C@H]1[C@H]23. The van der Waals surface area contributed by atoms with E-state index in [-0.39, 0.29) is 17.1 Å². The molecule has 0 aromatic heterocycles. The maximum absolute atomic E-state index is 13.1. The number of nitrogens with one attached hydrogen (secondary N) is 1. The number of quaternary nitrogens is 1. The zero-order chi connectivity index (χ0) is 14.2. The lowest BCUT2D eigenvalue weighted by Crippen LogP contribution is -2.70. The van der Waals surface area contributed by atoms with Crippen molar-refractivity contribution in [2.75, 3.05) is 19.6 Å². The van der Waals surface area contributed by atoms with Crippen molar-refractivity contribution in [3.63, 3.8) is 0 Å². The molecule has 5 nitrogen and oxygen atoms in total. The number of aliphatic carboxylic acids is 1. The van der Waals surface area contributed by atoms with Gasteiger partial charge in [0.25, 0.3) is 0 Å². The monoisotopic (exact) mass is 282 g/mol. The van der Waals surface area contributed by atoms with Gasteiger partial charge in [-0.3, -0.25) is 4.79 Å². The number of hydrogen-bond donors (Lipinski definition) is 2. The molecule has 5 heteroatoms. The highest BCUT2D eigenvalue weighted by atomic mass is 16.5. The topological polar surface area (TPSA) is 72.4 Å². The van der Waals surface area contributed by atoms with Gasteiger partial charge in [-0.2, -0.15) is 0 Å². The van der Waals surface area contributed by atoms with Crippen molar-refractivity contribution in [1.82, 2.24) is 5.32 Å². The van der Waals surface area contributed by atoms with Gasteiger partial charge < -0.3 is 20.3 Å². The van der Waals surface area contributed by atoms with E-state index >= 15 is 0 Å². The second-order valence-electron chi connectivity index (χ2n) is 6.90. The van der Waals surface area contributed by atoms with Crippen LogP contribution in [0, 0.1) is 17.0 Å². The van der Waals surface area contributed by atoms with Crippen LogP contribution in [0.2, 0.25) is 0 Å². The molecule has 0 aliphatic carbocycles. The van der Waals surface area contributed by atoms with Crippen LogP contribution in [0.25, 0.3) is 0 Å². The van der Waals surface area contributed by atoms with Gasteiger partial charge in [-0.25, -0.2) is 0 Å². The summed E-state index contributed by atoms with van der Waals surface area (Å²) in [6.45, 7) is 2.57. The third-order valence-corrected chi connectivity index (χ3v) is 5.72. The van der Waals surface area contributed by atoms with Crippen LogP contribution in [-0.4, -0.2) is 47.4 Å². The van der Waals surface area contributed by atoms with Crippen LogP contribution in [0.4, 0.5) is 0 Å². The molecule has 2 unspecified atom stereocenters. The number of carboxylic acids is 1.